The Hall–Kier alpha value is -2.26. The Morgan fingerprint density at radius 2 is 1.76 bits per heavy atom. The second-order valence-electron chi connectivity index (χ2n) is 9.46. The van der Waals surface area contributed by atoms with Gasteiger partial charge in [0.25, 0.3) is 0 Å². The first-order valence-electron chi connectivity index (χ1n) is 10.8. The van der Waals surface area contributed by atoms with Gasteiger partial charge in [0.1, 0.15) is 11.5 Å². The Kier molecular flexibility index (Phi) is 8.45. The van der Waals surface area contributed by atoms with Crippen LogP contribution in [0, 0.1) is 6.92 Å². The number of nitrogens with zero attached hydrogens (tertiary/aromatic N) is 1. The van der Waals surface area contributed by atoms with Gasteiger partial charge in [0, 0.05) is 11.6 Å². The number of hydrogen-bond acceptors (Lipinski definition) is 5. The third-order valence-corrected chi connectivity index (χ3v) is 6.19. The summed E-state index contributed by atoms with van der Waals surface area (Å²) in [6, 6.07) is 6.00. The van der Waals surface area contributed by atoms with Gasteiger partial charge in [-0.3, -0.25) is 4.98 Å². The lowest BCUT2D eigenvalue weighted by molar-refractivity contribution is -0.274. The van der Waals surface area contributed by atoms with Crippen LogP contribution < -0.4 is 14.8 Å². The fourth-order valence-electron chi connectivity index (χ4n) is 3.32. The number of anilines is 1. The first-order chi connectivity index (χ1) is 15.1. The molecule has 0 fully saturated rings. The molecule has 5 nitrogen and oxygen atoms in total. The Labute approximate surface area is 197 Å². The highest BCUT2D eigenvalue weighted by Crippen LogP contribution is 2.36. The van der Waals surface area contributed by atoms with Gasteiger partial charge in [-0.2, -0.15) is 0 Å². The lowest BCUT2D eigenvalue weighted by Crippen LogP contribution is -2.45. The molecule has 1 heterocycles. The topological polar surface area (TPSA) is 52.6 Å². The van der Waals surface area contributed by atoms with Crippen molar-refractivity contribution in [2.45, 2.75) is 77.9 Å². The van der Waals surface area contributed by atoms with E-state index in [1.807, 2.05) is 13.0 Å². The van der Waals surface area contributed by atoms with Crippen molar-refractivity contribution in [3.05, 3.63) is 36.0 Å². The highest BCUT2D eigenvalue weighted by molar-refractivity contribution is 6.31. The van der Waals surface area contributed by atoms with Crippen LogP contribution in [0.2, 0.25) is 5.04 Å². The molecule has 1 N–H and O–H groups in total. The van der Waals surface area contributed by atoms with Crippen LogP contribution in [0.25, 0.3) is 11.3 Å². The van der Waals surface area contributed by atoms with Crippen molar-refractivity contribution in [3.63, 3.8) is 0 Å². The van der Waals surface area contributed by atoms with Crippen molar-refractivity contribution < 1.29 is 27.1 Å². The molecular weight excluding hydrogens is 449 g/mol. The van der Waals surface area contributed by atoms with Crippen LogP contribution in [-0.4, -0.2) is 39.9 Å². The molecule has 2 aromatic rings. The number of halogens is 3. The number of methoxy groups -OCH3 is 1. The standard InChI is InChI=1S/C24H33F3N2O3Si/c1-9-20(23(6,7)32-33-22(3,4)5)29-16-12-15(2)21(28-14-16)18-11-10-17(13-19(18)30-8)31-24(25,26)27/h10-14,20,29H,9H2,1-8H3/t20-/m0/s1. The van der Waals surface area contributed by atoms with Crippen molar-refractivity contribution in [1.82, 2.24) is 4.98 Å². The molecule has 182 valence electrons. The molecule has 9 heteroatoms. The molecule has 0 aliphatic rings. The predicted molar refractivity (Wildman–Crippen MR) is 126 cm³/mol. The van der Waals surface area contributed by atoms with Crippen LogP contribution in [0.5, 0.6) is 11.5 Å². The Morgan fingerprint density at radius 3 is 2.27 bits per heavy atom. The molecule has 33 heavy (non-hydrogen) atoms. The van der Waals surface area contributed by atoms with E-state index in [4.69, 9.17) is 9.16 Å². The van der Waals surface area contributed by atoms with E-state index >= 15 is 0 Å². The molecule has 2 rings (SSSR count). The van der Waals surface area contributed by atoms with Crippen molar-refractivity contribution in [2.75, 3.05) is 12.4 Å². The van der Waals surface area contributed by atoms with Crippen LogP contribution in [0.1, 0.15) is 53.5 Å². The molecule has 0 amide bonds. The molecule has 1 atom stereocenters. The molecule has 0 unspecified atom stereocenters. The summed E-state index contributed by atoms with van der Waals surface area (Å²) >= 11 is 0. The van der Waals surface area contributed by atoms with Crippen molar-refractivity contribution in [3.8, 4) is 22.8 Å². The number of aromatic nitrogens is 1. The van der Waals surface area contributed by atoms with Crippen molar-refractivity contribution >= 4 is 15.5 Å². The molecule has 2 radical (unpaired) electrons. The summed E-state index contributed by atoms with van der Waals surface area (Å²) in [5, 5.41) is 3.62. The Bertz CT molecular complexity index is 944. The number of hydrogen-bond donors (Lipinski definition) is 1. The summed E-state index contributed by atoms with van der Waals surface area (Å²) < 4.78 is 53.2. The van der Waals surface area contributed by atoms with Gasteiger partial charge in [-0.15, -0.1) is 13.2 Å². The second kappa shape index (κ2) is 10.3. The fraction of sp³-hybridized carbons (Fsp3) is 0.542. The van der Waals surface area contributed by atoms with E-state index in [1.165, 1.54) is 25.3 Å². The molecule has 0 aliphatic carbocycles. The molecule has 0 aliphatic heterocycles. The lowest BCUT2D eigenvalue weighted by Gasteiger charge is -2.37. The third kappa shape index (κ3) is 7.92. The summed E-state index contributed by atoms with van der Waals surface area (Å²) in [4.78, 5) is 4.57. The largest absolute Gasteiger partial charge is 0.573 e. The van der Waals surface area contributed by atoms with E-state index in [-0.39, 0.29) is 28.2 Å². The minimum atomic E-state index is -4.77. The Morgan fingerprint density at radius 1 is 1.09 bits per heavy atom. The van der Waals surface area contributed by atoms with Gasteiger partial charge in [-0.1, -0.05) is 27.7 Å². The zero-order chi connectivity index (χ0) is 25.0. The van der Waals surface area contributed by atoms with Gasteiger partial charge in [-0.05, 0) is 56.0 Å². The lowest BCUT2D eigenvalue weighted by atomic mass is 9.96. The first kappa shape index (κ1) is 27.0. The number of pyridine rings is 1. The van der Waals surface area contributed by atoms with Gasteiger partial charge in [0.15, 0.2) is 0 Å². The monoisotopic (exact) mass is 482 g/mol. The maximum Gasteiger partial charge on any atom is 0.573 e. The summed E-state index contributed by atoms with van der Waals surface area (Å²) in [5.41, 5.74) is 2.51. The van der Waals surface area contributed by atoms with Gasteiger partial charge in [-0.25, -0.2) is 0 Å². The smallest absolute Gasteiger partial charge is 0.496 e. The molecule has 0 bridgehead atoms. The molecule has 0 spiro atoms. The normalized spacial score (nSPS) is 13.5. The quantitative estimate of drug-likeness (QED) is 0.399. The molecule has 1 aromatic heterocycles. The number of ether oxygens (including phenoxy) is 2. The maximum atomic E-state index is 12.5. The SMILES string of the molecule is CC[C@H](Nc1cnc(-c2ccc(OC(F)(F)F)cc2OC)c(C)c1)C(C)(C)O[Si]C(C)(C)C. The van der Waals surface area contributed by atoms with Crippen molar-refractivity contribution in [2.24, 2.45) is 0 Å². The highest BCUT2D eigenvalue weighted by Gasteiger charge is 2.32. The minimum absolute atomic E-state index is 0.0627. The van der Waals surface area contributed by atoms with E-state index in [0.717, 1.165) is 17.7 Å². The van der Waals surface area contributed by atoms with Crippen LogP contribution in [0.15, 0.2) is 30.5 Å². The van der Waals surface area contributed by atoms with Gasteiger partial charge in [0.05, 0.1) is 36.3 Å². The van der Waals surface area contributed by atoms with Crippen molar-refractivity contribution in [1.29, 1.82) is 0 Å². The van der Waals surface area contributed by atoms with Gasteiger partial charge in [0.2, 0.25) is 9.76 Å². The number of nitrogens with one attached hydrogen (secondary N) is 1. The van der Waals surface area contributed by atoms with Gasteiger partial charge >= 0.3 is 6.36 Å². The summed E-state index contributed by atoms with van der Waals surface area (Å²) in [6.45, 7) is 14.6. The van der Waals surface area contributed by atoms with E-state index in [9.17, 15) is 13.2 Å². The zero-order valence-corrected chi connectivity index (χ0v) is 21.5. The number of rotatable bonds is 9. The van der Waals surface area contributed by atoms with E-state index in [0.29, 0.717) is 21.0 Å². The average molecular weight is 483 g/mol. The zero-order valence-electron chi connectivity index (χ0n) is 20.5. The second-order valence-corrected chi connectivity index (χ2v) is 11.4. The van der Waals surface area contributed by atoms with Crippen LogP contribution in [0.3, 0.4) is 0 Å². The fourth-order valence-corrected chi connectivity index (χ4v) is 4.04. The van der Waals surface area contributed by atoms with E-state index in [1.54, 1.807) is 6.20 Å². The number of benzene rings is 1. The summed E-state index contributed by atoms with van der Waals surface area (Å²) in [6.07, 6.45) is -2.20. The first-order valence-corrected chi connectivity index (χ1v) is 11.7. The maximum absolute atomic E-state index is 12.5. The van der Waals surface area contributed by atoms with Gasteiger partial charge < -0.3 is 19.2 Å². The Balaban J connectivity index is 2.25. The molecular formula is C24H33F3N2O3Si. The highest BCUT2D eigenvalue weighted by atomic mass is 28.2. The predicted octanol–water partition coefficient (Wildman–Crippen LogP) is 6.79. The number of alkyl halides is 3. The van der Waals surface area contributed by atoms with Crippen LogP contribution in [0.4, 0.5) is 18.9 Å². The van der Waals surface area contributed by atoms with Crippen LogP contribution >= 0.6 is 0 Å². The average Bonchev–Trinajstić information content (AvgIpc) is 2.69. The minimum Gasteiger partial charge on any atom is -0.496 e. The summed E-state index contributed by atoms with van der Waals surface area (Å²) in [5.74, 6) is -0.0970. The van der Waals surface area contributed by atoms with Crippen LogP contribution in [-0.2, 0) is 4.43 Å². The molecule has 0 saturated carbocycles. The number of aryl methyl sites for hydroxylation is 1. The van der Waals surface area contributed by atoms with E-state index in [2.05, 4.69) is 56.6 Å². The molecule has 1 aromatic carbocycles. The summed E-state index contributed by atoms with van der Waals surface area (Å²) in [7, 11) is 1.77. The van der Waals surface area contributed by atoms with E-state index < -0.39 is 6.36 Å². The molecule has 0 saturated heterocycles. The third-order valence-electron chi connectivity index (χ3n) is 4.95.